The van der Waals surface area contributed by atoms with E-state index in [1.165, 1.54) is 19.3 Å². The molecule has 0 amide bonds. The number of unbranched alkanes of at least 4 members (excludes halogenated alkanes) is 1. The van der Waals surface area contributed by atoms with Crippen LogP contribution >= 0.6 is 23.8 Å². The maximum absolute atomic E-state index is 6.16. The standard InChI is InChI=1S/C15H22ClNOS/c1-3-5-6-11(4-2)10-18-14-8-7-12(15(17)19)9-13(14)16/h7-9,11H,3-6,10H2,1-2H3,(H2,17,19). The number of benzene rings is 1. The summed E-state index contributed by atoms with van der Waals surface area (Å²) in [7, 11) is 0. The van der Waals surface area contributed by atoms with Crippen LogP contribution in [-0.4, -0.2) is 11.6 Å². The number of hydrogen-bond donors (Lipinski definition) is 1. The van der Waals surface area contributed by atoms with Gasteiger partial charge in [0.2, 0.25) is 0 Å². The van der Waals surface area contributed by atoms with E-state index in [0.29, 0.717) is 28.3 Å². The van der Waals surface area contributed by atoms with Gasteiger partial charge in [-0.05, 0) is 30.5 Å². The van der Waals surface area contributed by atoms with Crippen LogP contribution in [-0.2, 0) is 0 Å². The average molecular weight is 300 g/mol. The van der Waals surface area contributed by atoms with Crippen LogP contribution in [0.5, 0.6) is 5.75 Å². The predicted octanol–water partition coefficient (Wildman–Crippen LogP) is 4.57. The first kappa shape index (κ1) is 16.3. The van der Waals surface area contributed by atoms with Crippen molar-refractivity contribution in [1.29, 1.82) is 0 Å². The normalized spacial score (nSPS) is 12.2. The van der Waals surface area contributed by atoms with Gasteiger partial charge in [-0.2, -0.15) is 0 Å². The first-order valence-electron chi connectivity index (χ1n) is 6.80. The van der Waals surface area contributed by atoms with Crippen molar-refractivity contribution in [2.45, 2.75) is 39.5 Å². The first-order chi connectivity index (χ1) is 9.08. The Labute approximate surface area is 126 Å². The molecule has 0 saturated carbocycles. The van der Waals surface area contributed by atoms with Gasteiger partial charge in [-0.15, -0.1) is 0 Å². The second-order valence-electron chi connectivity index (χ2n) is 4.74. The lowest BCUT2D eigenvalue weighted by atomic mass is 10.0. The van der Waals surface area contributed by atoms with Gasteiger partial charge in [0.25, 0.3) is 0 Å². The lowest BCUT2D eigenvalue weighted by molar-refractivity contribution is 0.233. The zero-order valence-corrected chi connectivity index (χ0v) is 13.2. The lowest BCUT2D eigenvalue weighted by Crippen LogP contribution is -2.12. The summed E-state index contributed by atoms with van der Waals surface area (Å²) in [5.41, 5.74) is 6.33. The van der Waals surface area contributed by atoms with E-state index in [1.54, 1.807) is 6.07 Å². The van der Waals surface area contributed by atoms with E-state index in [1.807, 2.05) is 12.1 Å². The van der Waals surface area contributed by atoms with Crippen molar-refractivity contribution in [2.75, 3.05) is 6.61 Å². The molecule has 1 atom stereocenters. The third-order valence-corrected chi connectivity index (χ3v) is 3.77. The minimum absolute atomic E-state index is 0.350. The average Bonchev–Trinajstić information content (AvgIpc) is 2.40. The van der Waals surface area contributed by atoms with E-state index in [-0.39, 0.29) is 0 Å². The molecule has 19 heavy (non-hydrogen) atoms. The van der Waals surface area contributed by atoms with Gasteiger partial charge in [0, 0.05) is 5.56 Å². The maximum Gasteiger partial charge on any atom is 0.137 e. The molecule has 1 aromatic carbocycles. The Morgan fingerprint density at radius 2 is 2.16 bits per heavy atom. The highest BCUT2D eigenvalue weighted by Crippen LogP contribution is 2.26. The van der Waals surface area contributed by atoms with Crippen LogP contribution in [0, 0.1) is 5.92 Å². The highest BCUT2D eigenvalue weighted by Gasteiger charge is 2.09. The molecule has 0 aliphatic heterocycles. The molecule has 106 valence electrons. The number of halogens is 1. The topological polar surface area (TPSA) is 35.2 Å². The number of hydrogen-bond acceptors (Lipinski definition) is 2. The van der Waals surface area contributed by atoms with Crippen molar-refractivity contribution >= 4 is 28.8 Å². The third-order valence-electron chi connectivity index (χ3n) is 3.23. The molecule has 0 spiro atoms. The van der Waals surface area contributed by atoms with Crippen LogP contribution in [0.1, 0.15) is 45.1 Å². The Morgan fingerprint density at radius 3 is 2.68 bits per heavy atom. The quantitative estimate of drug-likeness (QED) is 0.714. The lowest BCUT2D eigenvalue weighted by Gasteiger charge is -2.16. The van der Waals surface area contributed by atoms with E-state index in [9.17, 15) is 0 Å². The largest absolute Gasteiger partial charge is 0.492 e. The molecule has 2 N–H and O–H groups in total. The van der Waals surface area contributed by atoms with Crippen LogP contribution < -0.4 is 10.5 Å². The zero-order valence-electron chi connectivity index (χ0n) is 11.6. The SMILES string of the molecule is CCCCC(CC)COc1ccc(C(N)=S)cc1Cl. The molecule has 0 bridgehead atoms. The fraction of sp³-hybridized carbons (Fsp3) is 0.533. The summed E-state index contributed by atoms with van der Waals surface area (Å²) in [4.78, 5) is 0.350. The highest BCUT2D eigenvalue weighted by molar-refractivity contribution is 7.80. The number of ether oxygens (including phenoxy) is 1. The molecule has 0 saturated heterocycles. The summed E-state index contributed by atoms with van der Waals surface area (Å²) in [6, 6.07) is 5.44. The van der Waals surface area contributed by atoms with Gasteiger partial charge in [0.1, 0.15) is 10.7 Å². The molecule has 1 rings (SSSR count). The van der Waals surface area contributed by atoms with E-state index in [4.69, 9.17) is 34.3 Å². The van der Waals surface area contributed by atoms with E-state index < -0.39 is 0 Å². The van der Waals surface area contributed by atoms with E-state index in [0.717, 1.165) is 12.0 Å². The summed E-state index contributed by atoms with van der Waals surface area (Å²) in [5.74, 6) is 1.29. The van der Waals surface area contributed by atoms with Crippen LogP contribution in [0.2, 0.25) is 5.02 Å². The molecule has 0 aromatic heterocycles. The van der Waals surface area contributed by atoms with E-state index in [2.05, 4.69) is 13.8 Å². The second-order valence-corrected chi connectivity index (χ2v) is 5.58. The molecule has 0 radical (unpaired) electrons. The summed E-state index contributed by atoms with van der Waals surface area (Å²) in [5, 5.41) is 0.565. The smallest absolute Gasteiger partial charge is 0.137 e. The first-order valence-corrected chi connectivity index (χ1v) is 7.59. The molecule has 0 aliphatic carbocycles. The Bertz CT molecular complexity index is 423. The van der Waals surface area contributed by atoms with Gasteiger partial charge >= 0.3 is 0 Å². The predicted molar refractivity (Wildman–Crippen MR) is 86.1 cm³/mol. The zero-order chi connectivity index (χ0) is 14.3. The summed E-state index contributed by atoms with van der Waals surface area (Å²) >= 11 is 11.1. The van der Waals surface area contributed by atoms with Crippen molar-refractivity contribution in [2.24, 2.45) is 11.7 Å². The second kappa shape index (κ2) is 8.39. The van der Waals surface area contributed by atoms with Gasteiger partial charge in [-0.1, -0.05) is 56.9 Å². The molecular formula is C15H22ClNOS. The minimum atomic E-state index is 0.350. The molecule has 1 unspecified atom stereocenters. The monoisotopic (exact) mass is 299 g/mol. The number of rotatable bonds is 8. The number of thiocarbonyl (C=S) groups is 1. The molecule has 0 fully saturated rings. The van der Waals surface area contributed by atoms with Crippen molar-refractivity contribution in [1.82, 2.24) is 0 Å². The van der Waals surface area contributed by atoms with Crippen molar-refractivity contribution in [3.05, 3.63) is 28.8 Å². The molecule has 1 aromatic rings. The van der Waals surface area contributed by atoms with Crippen molar-refractivity contribution in [3.8, 4) is 5.75 Å². The number of nitrogens with two attached hydrogens (primary N) is 1. The summed E-state index contributed by atoms with van der Waals surface area (Å²) < 4.78 is 5.81. The van der Waals surface area contributed by atoms with Crippen LogP contribution in [0.3, 0.4) is 0 Å². The molecule has 2 nitrogen and oxygen atoms in total. The van der Waals surface area contributed by atoms with E-state index >= 15 is 0 Å². The Hall–Kier alpha value is -0.800. The Morgan fingerprint density at radius 1 is 1.42 bits per heavy atom. The van der Waals surface area contributed by atoms with Gasteiger partial charge < -0.3 is 10.5 Å². The Kier molecular flexibility index (Phi) is 7.17. The minimum Gasteiger partial charge on any atom is -0.492 e. The van der Waals surface area contributed by atoms with Gasteiger partial charge in [-0.3, -0.25) is 0 Å². The van der Waals surface area contributed by atoms with Crippen molar-refractivity contribution in [3.63, 3.8) is 0 Å². The fourth-order valence-corrected chi connectivity index (χ4v) is 2.24. The summed E-state index contributed by atoms with van der Waals surface area (Å²) in [6.45, 7) is 5.11. The molecule has 0 aliphatic rings. The molecule has 0 heterocycles. The Balaban J connectivity index is 2.59. The van der Waals surface area contributed by atoms with Crippen LogP contribution in [0.4, 0.5) is 0 Å². The maximum atomic E-state index is 6.16. The molecule has 4 heteroatoms. The van der Waals surface area contributed by atoms with Gasteiger partial charge in [0.05, 0.1) is 11.6 Å². The van der Waals surface area contributed by atoms with Crippen LogP contribution in [0.25, 0.3) is 0 Å². The van der Waals surface area contributed by atoms with Crippen molar-refractivity contribution < 1.29 is 4.74 Å². The fourth-order valence-electron chi connectivity index (χ4n) is 1.88. The van der Waals surface area contributed by atoms with Crippen LogP contribution in [0.15, 0.2) is 18.2 Å². The molecular weight excluding hydrogens is 278 g/mol. The van der Waals surface area contributed by atoms with Gasteiger partial charge in [0.15, 0.2) is 0 Å². The summed E-state index contributed by atoms with van der Waals surface area (Å²) in [6.07, 6.45) is 4.80. The highest BCUT2D eigenvalue weighted by atomic mass is 35.5. The van der Waals surface area contributed by atoms with Gasteiger partial charge in [-0.25, -0.2) is 0 Å². The third kappa shape index (κ3) is 5.37.